The number of para-hydroxylation sites is 2. The largest absolute Gasteiger partial charge is 0.497 e. The van der Waals surface area contributed by atoms with E-state index in [1.807, 2.05) is 24.3 Å². The molecule has 4 rings (SSSR count). The summed E-state index contributed by atoms with van der Waals surface area (Å²) in [4.78, 5) is 4.64. The molecule has 2 heterocycles. The lowest BCUT2D eigenvalue weighted by molar-refractivity contribution is 0.415. The maximum atomic E-state index is 5.33. The van der Waals surface area contributed by atoms with Crippen molar-refractivity contribution in [3.63, 3.8) is 0 Å². The third-order valence-electron chi connectivity index (χ3n) is 3.48. The standard InChI is InChI=1S/C16H12N2O/c1-19-12-8-6-11-7-9-16-17-13-4-2-3-5-14(13)18(16)15(11)10-12/h2-10H,1H3. The molecular formula is C16H12N2O. The van der Waals surface area contributed by atoms with E-state index < -0.39 is 0 Å². The third-order valence-corrected chi connectivity index (χ3v) is 3.48. The van der Waals surface area contributed by atoms with E-state index in [4.69, 9.17) is 4.74 Å². The van der Waals surface area contributed by atoms with Gasteiger partial charge in [-0.2, -0.15) is 0 Å². The highest BCUT2D eigenvalue weighted by Gasteiger charge is 2.07. The van der Waals surface area contributed by atoms with Gasteiger partial charge in [0.15, 0.2) is 0 Å². The van der Waals surface area contributed by atoms with Gasteiger partial charge in [0.1, 0.15) is 11.4 Å². The van der Waals surface area contributed by atoms with E-state index in [-0.39, 0.29) is 0 Å². The van der Waals surface area contributed by atoms with Crippen molar-refractivity contribution in [2.24, 2.45) is 0 Å². The second-order valence-electron chi connectivity index (χ2n) is 4.55. The summed E-state index contributed by atoms with van der Waals surface area (Å²) in [5, 5.41) is 1.18. The maximum absolute atomic E-state index is 5.33. The quantitative estimate of drug-likeness (QED) is 0.514. The van der Waals surface area contributed by atoms with Crippen molar-refractivity contribution in [1.29, 1.82) is 0 Å². The van der Waals surface area contributed by atoms with Crippen LogP contribution in [-0.2, 0) is 0 Å². The number of imidazole rings is 1. The van der Waals surface area contributed by atoms with Crippen LogP contribution < -0.4 is 4.74 Å². The molecule has 0 saturated heterocycles. The molecule has 0 amide bonds. The molecular weight excluding hydrogens is 236 g/mol. The van der Waals surface area contributed by atoms with Gasteiger partial charge >= 0.3 is 0 Å². The lowest BCUT2D eigenvalue weighted by Gasteiger charge is -2.05. The Kier molecular flexibility index (Phi) is 2.03. The summed E-state index contributed by atoms with van der Waals surface area (Å²) in [7, 11) is 1.69. The fourth-order valence-corrected chi connectivity index (χ4v) is 2.56. The number of benzene rings is 2. The van der Waals surface area contributed by atoms with Gasteiger partial charge in [0.2, 0.25) is 0 Å². The molecule has 3 nitrogen and oxygen atoms in total. The monoisotopic (exact) mass is 248 g/mol. The highest BCUT2D eigenvalue weighted by molar-refractivity contribution is 5.91. The number of nitrogens with zero attached hydrogens (tertiary/aromatic N) is 2. The smallest absolute Gasteiger partial charge is 0.138 e. The van der Waals surface area contributed by atoms with Gasteiger partial charge in [-0.3, -0.25) is 4.40 Å². The second kappa shape index (κ2) is 3.72. The molecule has 0 aliphatic rings. The molecule has 0 aliphatic carbocycles. The summed E-state index contributed by atoms with van der Waals surface area (Å²) >= 11 is 0. The predicted molar refractivity (Wildman–Crippen MR) is 76.8 cm³/mol. The first kappa shape index (κ1) is 10.4. The number of hydrogen-bond donors (Lipinski definition) is 0. The second-order valence-corrected chi connectivity index (χ2v) is 4.55. The molecule has 0 atom stereocenters. The molecule has 0 saturated carbocycles. The van der Waals surface area contributed by atoms with E-state index in [2.05, 4.69) is 39.7 Å². The summed E-state index contributed by atoms with van der Waals surface area (Å²) in [5.41, 5.74) is 4.21. The van der Waals surface area contributed by atoms with Crippen LogP contribution >= 0.6 is 0 Å². The topological polar surface area (TPSA) is 26.5 Å². The number of ether oxygens (including phenoxy) is 1. The Bertz CT molecular complexity index is 908. The Morgan fingerprint density at radius 3 is 2.68 bits per heavy atom. The predicted octanol–water partition coefficient (Wildman–Crippen LogP) is 3.65. The maximum Gasteiger partial charge on any atom is 0.138 e. The van der Waals surface area contributed by atoms with Gasteiger partial charge in [-0.05, 0) is 41.8 Å². The highest BCUT2D eigenvalue weighted by Crippen LogP contribution is 2.25. The van der Waals surface area contributed by atoms with Gasteiger partial charge in [0.05, 0.1) is 23.7 Å². The van der Waals surface area contributed by atoms with Crippen molar-refractivity contribution in [2.45, 2.75) is 0 Å². The number of methoxy groups -OCH3 is 1. The Balaban J connectivity index is 2.27. The lowest BCUT2D eigenvalue weighted by atomic mass is 10.2. The molecule has 92 valence electrons. The molecule has 0 spiro atoms. The summed E-state index contributed by atoms with van der Waals surface area (Å²) in [6, 6.07) is 18.4. The normalized spacial score (nSPS) is 11.4. The molecule has 0 aliphatic heterocycles. The molecule has 0 radical (unpaired) electrons. The van der Waals surface area contributed by atoms with Crippen LogP contribution in [0.3, 0.4) is 0 Å². The average molecular weight is 248 g/mol. The number of hydrogen-bond acceptors (Lipinski definition) is 2. The fraction of sp³-hybridized carbons (Fsp3) is 0.0625. The van der Waals surface area contributed by atoms with Crippen LogP contribution in [0.4, 0.5) is 0 Å². The van der Waals surface area contributed by atoms with Crippen LogP contribution in [0.15, 0.2) is 54.6 Å². The molecule has 3 heteroatoms. The first-order valence-electron chi connectivity index (χ1n) is 6.21. The van der Waals surface area contributed by atoms with Crippen LogP contribution in [0.5, 0.6) is 5.75 Å². The van der Waals surface area contributed by atoms with Crippen LogP contribution in [0, 0.1) is 0 Å². The Morgan fingerprint density at radius 2 is 1.79 bits per heavy atom. The third kappa shape index (κ3) is 1.41. The Morgan fingerprint density at radius 1 is 0.947 bits per heavy atom. The van der Waals surface area contributed by atoms with E-state index in [9.17, 15) is 0 Å². The fourth-order valence-electron chi connectivity index (χ4n) is 2.56. The summed E-state index contributed by atoms with van der Waals surface area (Å²) < 4.78 is 7.50. The molecule has 0 bridgehead atoms. The van der Waals surface area contributed by atoms with Crippen LogP contribution in [-0.4, -0.2) is 16.5 Å². The van der Waals surface area contributed by atoms with Gasteiger partial charge in [0.25, 0.3) is 0 Å². The highest BCUT2D eigenvalue weighted by atomic mass is 16.5. The van der Waals surface area contributed by atoms with E-state index in [0.717, 1.165) is 27.9 Å². The first-order chi connectivity index (χ1) is 9.36. The van der Waals surface area contributed by atoms with E-state index in [0.29, 0.717) is 0 Å². The van der Waals surface area contributed by atoms with Crippen molar-refractivity contribution >= 4 is 27.6 Å². The van der Waals surface area contributed by atoms with Gasteiger partial charge in [-0.15, -0.1) is 0 Å². The van der Waals surface area contributed by atoms with Crippen molar-refractivity contribution in [3.05, 3.63) is 54.6 Å². The van der Waals surface area contributed by atoms with Crippen LogP contribution in [0.25, 0.3) is 27.6 Å². The minimum atomic E-state index is 0.859. The van der Waals surface area contributed by atoms with Crippen molar-refractivity contribution < 1.29 is 4.74 Å². The number of pyridine rings is 1. The van der Waals surface area contributed by atoms with E-state index in [1.165, 1.54) is 5.39 Å². The lowest BCUT2D eigenvalue weighted by Crippen LogP contribution is -1.90. The zero-order valence-corrected chi connectivity index (χ0v) is 10.5. The summed E-state index contributed by atoms with van der Waals surface area (Å²) in [5.74, 6) is 0.859. The van der Waals surface area contributed by atoms with Crippen molar-refractivity contribution in [1.82, 2.24) is 9.38 Å². The van der Waals surface area contributed by atoms with Crippen molar-refractivity contribution in [2.75, 3.05) is 7.11 Å². The minimum absolute atomic E-state index is 0.859. The molecule has 0 unspecified atom stereocenters. The molecule has 2 aromatic heterocycles. The van der Waals surface area contributed by atoms with Crippen LogP contribution in [0.2, 0.25) is 0 Å². The number of fused-ring (bicyclic) bond motifs is 5. The number of rotatable bonds is 1. The molecule has 4 aromatic rings. The SMILES string of the molecule is COc1ccc2ccc3nc4ccccc4n3c2c1. The van der Waals surface area contributed by atoms with Gasteiger partial charge in [-0.25, -0.2) is 4.98 Å². The summed E-state index contributed by atoms with van der Waals surface area (Å²) in [6.07, 6.45) is 0. The van der Waals surface area contributed by atoms with Gasteiger partial charge < -0.3 is 4.74 Å². The van der Waals surface area contributed by atoms with Crippen LogP contribution in [0.1, 0.15) is 0 Å². The average Bonchev–Trinajstić information content (AvgIpc) is 2.85. The molecule has 2 aromatic carbocycles. The van der Waals surface area contributed by atoms with Gasteiger partial charge in [-0.1, -0.05) is 12.1 Å². The van der Waals surface area contributed by atoms with E-state index in [1.54, 1.807) is 7.11 Å². The zero-order chi connectivity index (χ0) is 12.8. The Labute approximate surface area is 110 Å². The molecule has 0 N–H and O–H groups in total. The van der Waals surface area contributed by atoms with E-state index >= 15 is 0 Å². The summed E-state index contributed by atoms with van der Waals surface area (Å²) in [6.45, 7) is 0. The number of aromatic nitrogens is 2. The first-order valence-corrected chi connectivity index (χ1v) is 6.21. The molecule has 0 fully saturated rings. The zero-order valence-electron chi connectivity index (χ0n) is 10.5. The Hall–Kier alpha value is -2.55. The van der Waals surface area contributed by atoms with Gasteiger partial charge in [0, 0.05) is 6.07 Å². The molecule has 19 heavy (non-hydrogen) atoms. The van der Waals surface area contributed by atoms with Crippen molar-refractivity contribution in [3.8, 4) is 5.75 Å². The minimum Gasteiger partial charge on any atom is -0.497 e.